The van der Waals surface area contributed by atoms with Crippen molar-refractivity contribution in [1.29, 1.82) is 0 Å². The van der Waals surface area contributed by atoms with E-state index in [9.17, 15) is 9.59 Å². The maximum atomic E-state index is 12.5. The van der Waals surface area contributed by atoms with Gasteiger partial charge in [-0.15, -0.1) is 0 Å². The minimum Gasteiger partial charge on any atom is -0.459 e. The van der Waals surface area contributed by atoms with Crippen molar-refractivity contribution in [2.45, 2.75) is 19.5 Å². The Balaban J connectivity index is 1.56. The van der Waals surface area contributed by atoms with Crippen LogP contribution in [0.1, 0.15) is 18.7 Å². The molecule has 0 aliphatic carbocycles. The van der Waals surface area contributed by atoms with Crippen molar-refractivity contribution in [3.8, 4) is 0 Å². The van der Waals surface area contributed by atoms with Crippen LogP contribution in [0.2, 0.25) is 0 Å². The number of amides is 1. The fourth-order valence-corrected chi connectivity index (χ4v) is 3.23. The van der Waals surface area contributed by atoms with Gasteiger partial charge in [-0.2, -0.15) is 0 Å². The number of rotatable bonds is 4. The zero-order chi connectivity index (χ0) is 18.3. The van der Waals surface area contributed by atoms with E-state index in [-0.39, 0.29) is 24.2 Å². The van der Waals surface area contributed by atoms with Crippen molar-refractivity contribution in [3.05, 3.63) is 70.8 Å². The van der Waals surface area contributed by atoms with Gasteiger partial charge in [0.25, 0.3) is 0 Å². The summed E-state index contributed by atoms with van der Waals surface area (Å²) in [5.74, 6) is 0.446. The van der Waals surface area contributed by atoms with Crippen molar-refractivity contribution in [2.24, 2.45) is 7.05 Å². The summed E-state index contributed by atoms with van der Waals surface area (Å²) in [6.45, 7) is 1.83. The molecule has 0 radical (unpaired) electrons. The Bertz CT molecular complexity index is 1130. The molecule has 0 spiro atoms. The number of fused-ring (bicyclic) bond motifs is 2. The van der Waals surface area contributed by atoms with Crippen LogP contribution in [0.25, 0.3) is 22.0 Å². The van der Waals surface area contributed by atoms with E-state index in [0.29, 0.717) is 5.76 Å². The van der Waals surface area contributed by atoms with Crippen LogP contribution >= 0.6 is 0 Å². The lowest BCUT2D eigenvalue weighted by atomic mass is 10.2. The van der Waals surface area contributed by atoms with Crippen molar-refractivity contribution < 1.29 is 9.21 Å². The highest BCUT2D eigenvalue weighted by Crippen LogP contribution is 2.23. The van der Waals surface area contributed by atoms with Crippen molar-refractivity contribution in [1.82, 2.24) is 14.5 Å². The number of nitrogens with one attached hydrogen (secondary N) is 1. The first-order valence-electron chi connectivity index (χ1n) is 8.46. The number of benzene rings is 2. The van der Waals surface area contributed by atoms with E-state index in [1.165, 1.54) is 4.57 Å². The molecule has 0 saturated carbocycles. The number of imidazole rings is 1. The monoisotopic (exact) mass is 349 g/mol. The lowest BCUT2D eigenvalue weighted by molar-refractivity contribution is -0.122. The maximum Gasteiger partial charge on any atom is 0.329 e. The molecule has 0 saturated heterocycles. The molecule has 2 aromatic heterocycles. The van der Waals surface area contributed by atoms with Gasteiger partial charge in [-0.1, -0.05) is 30.3 Å². The maximum absolute atomic E-state index is 12.5. The number of hydrogen-bond acceptors (Lipinski definition) is 3. The second-order valence-electron chi connectivity index (χ2n) is 6.39. The first-order valence-corrected chi connectivity index (χ1v) is 8.46. The Morgan fingerprint density at radius 2 is 1.81 bits per heavy atom. The Morgan fingerprint density at radius 1 is 1.12 bits per heavy atom. The predicted octanol–water partition coefficient (Wildman–Crippen LogP) is 2.96. The summed E-state index contributed by atoms with van der Waals surface area (Å²) in [6.07, 6.45) is 0. The lowest BCUT2D eigenvalue weighted by Crippen LogP contribution is -2.33. The van der Waals surface area contributed by atoms with Crippen LogP contribution < -0.4 is 11.0 Å². The van der Waals surface area contributed by atoms with Crippen LogP contribution in [0, 0.1) is 0 Å². The molecule has 2 heterocycles. The van der Waals surface area contributed by atoms with E-state index in [1.807, 2.05) is 61.5 Å². The average molecular weight is 349 g/mol. The number of nitrogens with zero attached hydrogens (tertiary/aromatic N) is 2. The standard InChI is InChI=1S/C20H19N3O3/c1-13(18-11-14-7-3-6-10-17(14)26-18)21-19(24)12-23-16-9-5-4-8-15(16)22(2)20(23)25/h3-11,13H,12H2,1-2H3,(H,21,24). The number of aromatic nitrogens is 2. The van der Waals surface area contributed by atoms with Gasteiger partial charge in [-0.25, -0.2) is 4.79 Å². The molecule has 0 aliphatic rings. The molecule has 4 rings (SSSR count). The molecule has 1 amide bonds. The number of carbonyl (C=O) groups is 1. The second kappa shape index (κ2) is 6.22. The smallest absolute Gasteiger partial charge is 0.329 e. The third-order valence-electron chi connectivity index (χ3n) is 4.60. The largest absolute Gasteiger partial charge is 0.459 e. The summed E-state index contributed by atoms with van der Waals surface area (Å²) in [7, 11) is 1.70. The zero-order valence-electron chi connectivity index (χ0n) is 14.6. The molecule has 2 aromatic carbocycles. The summed E-state index contributed by atoms with van der Waals surface area (Å²) in [4.78, 5) is 24.9. The molecular weight excluding hydrogens is 330 g/mol. The minimum absolute atomic E-state index is 0.0369. The van der Waals surface area contributed by atoms with E-state index in [1.54, 1.807) is 11.6 Å². The topological polar surface area (TPSA) is 69.2 Å². The van der Waals surface area contributed by atoms with Crippen LogP contribution in [0.3, 0.4) is 0 Å². The third-order valence-corrected chi connectivity index (χ3v) is 4.60. The Morgan fingerprint density at radius 3 is 2.58 bits per heavy atom. The van der Waals surface area contributed by atoms with E-state index < -0.39 is 0 Å². The quantitative estimate of drug-likeness (QED) is 0.616. The second-order valence-corrected chi connectivity index (χ2v) is 6.39. The van der Waals surface area contributed by atoms with Crippen LogP contribution in [0.4, 0.5) is 0 Å². The van der Waals surface area contributed by atoms with Gasteiger partial charge in [0.15, 0.2) is 0 Å². The summed E-state index contributed by atoms with van der Waals surface area (Å²) in [6, 6.07) is 16.8. The van der Waals surface area contributed by atoms with E-state index in [2.05, 4.69) is 5.32 Å². The fourth-order valence-electron chi connectivity index (χ4n) is 3.23. The van der Waals surface area contributed by atoms with Crippen LogP contribution in [0.15, 0.2) is 63.8 Å². The van der Waals surface area contributed by atoms with Crippen LogP contribution in [-0.2, 0) is 18.4 Å². The van der Waals surface area contributed by atoms with Gasteiger partial charge in [0.2, 0.25) is 5.91 Å². The molecule has 6 heteroatoms. The third kappa shape index (κ3) is 2.69. The van der Waals surface area contributed by atoms with Gasteiger partial charge in [0, 0.05) is 12.4 Å². The Hall–Kier alpha value is -3.28. The highest BCUT2D eigenvalue weighted by atomic mass is 16.3. The molecule has 1 unspecified atom stereocenters. The van der Waals surface area contributed by atoms with Gasteiger partial charge in [-0.3, -0.25) is 13.9 Å². The molecule has 1 N–H and O–H groups in total. The van der Waals surface area contributed by atoms with Crippen molar-refractivity contribution in [2.75, 3.05) is 0 Å². The number of furan rings is 1. The molecule has 0 fully saturated rings. The van der Waals surface area contributed by atoms with E-state index >= 15 is 0 Å². The van der Waals surface area contributed by atoms with Crippen molar-refractivity contribution in [3.63, 3.8) is 0 Å². The van der Waals surface area contributed by atoms with Gasteiger partial charge in [0.05, 0.1) is 17.1 Å². The molecule has 1 atom stereocenters. The molecule has 6 nitrogen and oxygen atoms in total. The summed E-state index contributed by atoms with van der Waals surface area (Å²) in [5.41, 5.74) is 2.12. The number of para-hydroxylation sites is 3. The van der Waals surface area contributed by atoms with Gasteiger partial charge in [0.1, 0.15) is 17.9 Å². The highest BCUT2D eigenvalue weighted by molar-refractivity contribution is 5.81. The summed E-state index contributed by atoms with van der Waals surface area (Å²) < 4.78 is 8.82. The Labute approximate surface area is 149 Å². The number of hydrogen-bond donors (Lipinski definition) is 1. The first-order chi connectivity index (χ1) is 12.5. The van der Waals surface area contributed by atoms with Gasteiger partial charge < -0.3 is 9.73 Å². The average Bonchev–Trinajstić information content (AvgIpc) is 3.18. The normalized spacial score (nSPS) is 12.5. The van der Waals surface area contributed by atoms with Crippen molar-refractivity contribution >= 4 is 27.9 Å². The van der Waals surface area contributed by atoms with Crippen LogP contribution in [0.5, 0.6) is 0 Å². The molecule has 26 heavy (non-hydrogen) atoms. The SMILES string of the molecule is CC(NC(=O)Cn1c(=O)n(C)c2ccccc21)c1cc2ccccc2o1. The summed E-state index contributed by atoms with van der Waals surface area (Å²) in [5, 5.41) is 3.90. The molecule has 0 aliphatic heterocycles. The minimum atomic E-state index is -0.291. The first kappa shape index (κ1) is 16.2. The van der Waals surface area contributed by atoms with E-state index in [4.69, 9.17) is 4.42 Å². The lowest BCUT2D eigenvalue weighted by Gasteiger charge is -2.11. The van der Waals surface area contributed by atoms with Gasteiger partial charge in [-0.05, 0) is 31.2 Å². The van der Waals surface area contributed by atoms with Gasteiger partial charge >= 0.3 is 5.69 Å². The molecule has 0 bridgehead atoms. The predicted molar refractivity (Wildman–Crippen MR) is 100.0 cm³/mol. The van der Waals surface area contributed by atoms with E-state index in [0.717, 1.165) is 22.0 Å². The molecule has 132 valence electrons. The highest BCUT2D eigenvalue weighted by Gasteiger charge is 2.17. The summed E-state index contributed by atoms with van der Waals surface area (Å²) >= 11 is 0. The number of aryl methyl sites for hydroxylation is 1. The molecule has 4 aromatic rings. The number of carbonyl (C=O) groups excluding carboxylic acids is 1. The fraction of sp³-hybridized carbons (Fsp3) is 0.200. The Kier molecular flexibility index (Phi) is 3.88. The zero-order valence-corrected chi connectivity index (χ0v) is 14.6. The molecular formula is C20H19N3O3. The van der Waals surface area contributed by atoms with Crippen LogP contribution in [-0.4, -0.2) is 15.0 Å².